The molecule has 1 atom stereocenters. The lowest BCUT2D eigenvalue weighted by Crippen LogP contribution is -2.49. The summed E-state index contributed by atoms with van der Waals surface area (Å²) >= 11 is 1.36. The number of ether oxygens (including phenoxy) is 1. The molecule has 8 nitrogen and oxygen atoms in total. The van der Waals surface area contributed by atoms with Gasteiger partial charge < -0.3 is 15.0 Å². The van der Waals surface area contributed by atoms with Crippen LogP contribution in [-0.2, 0) is 14.8 Å². The molecule has 1 aromatic carbocycles. The predicted molar refractivity (Wildman–Crippen MR) is 127 cm³/mol. The Hall–Kier alpha value is -2.43. The molecule has 2 saturated heterocycles. The number of piperidine rings is 2. The Morgan fingerprint density at radius 3 is 2.52 bits per heavy atom. The summed E-state index contributed by atoms with van der Waals surface area (Å²) in [5.74, 6) is -0.218. The Bertz CT molecular complexity index is 1100. The van der Waals surface area contributed by atoms with Crippen LogP contribution in [0.4, 0.5) is 5.69 Å². The van der Waals surface area contributed by atoms with Crippen LogP contribution >= 0.6 is 11.3 Å². The topological polar surface area (TPSA) is 96.0 Å². The lowest BCUT2D eigenvalue weighted by atomic mass is 10.0. The fourth-order valence-corrected chi connectivity index (χ4v) is 6.79. The van der Waals surface area contributed by atoms with Gasteiger partial charge in [-0.15, -0.1) is 11.3 Å². The monoisotopic (exact) mass is 491 g/mol. The van der Waals surface area contributed by atoms with Crippen LogP contribution in [0.3, 0.4) is 0 Å². The van der Waals surface area contributed by atoms with E-state index in [1.807, 2.05) is 11.4 Å². The molecule has 178 valence electrons. The van der Waals surface area contributed by atoms with Crippen molar-refractivity contribution < 1.29 is 22.7 Å². The highest BCUT2D eigenvalue weighted by atomic mass is 32.2. The number of hydrogen-bond acceptors (Lipinski definition) is 6. The minimum Gasteiger partial charge on any atom is -0.495 e. The number of benzene rings is 1. The van der Waals surface area contributed by atoms with Crippen molar-refractivity contribution in [2.45, 2.75) is 49.5 Å². The number of rotatable bonds is 6. The number of hydrogen-bond donors (Lipinski definition) is 1. The van der Waals surface area contributed by atoms with Crippen LogP contribution in [-0.4, -0.2) is 62.2 Å². The molecule has 4 rings (SSSR count). The summed E-state index contributed by atoms with van der Waals surface area (Å²) in [6.07, 6.45) is 4.94. The minimum atomic E-state index is -3.75. The predicted octanol–water partition coefficient (Wildman–Crippen LogP) is 3.56. The SMILES string of the molecule is COc1ccc(NC(=O)[C@H]2CCCCN2C(=O)c2cccs2)cc1S(=O)(=O)N1CCCCC1. The molecule has 0 aliphatic carbocycles. The molecule has 33 heavy (non-hydrogen) atoms. The van der Waals surface area contributed by atoms with Gasteiger partial charge in [-0.3, -0.25) is 9.59 Å². The molecule has 2 amide bonds. The number of amides is 2. The van der Waals surface area contributed by atoms with E-state index in [1.165, 1.54) is 28.8 Å². The molecule has 10 heteroatoms. The van der Waals surface area contributed by atoms with Gasteiger partial charge in [0.15, 0.2) is 0 Å². The van der Waals surface area contributed by atoms with E-state index in [9.17, 15) is 18.0 Å². The maximum absolute atomic E-state index is 13.3. The fraction of sp³-hybridized carbons (Fsp3) is 0.478. The van der Waals surface area contributed by atoms with Gasteiger partial charge in [0, 0.05) is 25.3 Å². The van der Waals surface area contributed by atoms with E-state index in [0.29, 0.717) is 36.6 Å². The van der Waals surface area contributed by atoms with E-state index < -0.39 is 16.1 Å². The summed E-state index contributed by atoms with van der Waals surface area (Å²) in [4.78, 5) is 28.4. The number of nitrogens with zero attached hydrogens (tertiary/aromatic N) is 2. The van der Waals surface area contributed by atoms with Crippen molar-refractivity contribution in [3.05, 3.63) is 40.6 Å². The summed E-state index contributed by atoms with van der Waals surface area (Å²) in [6.45, 7) is 1.47. The van der Waals surface area contributed by atoms with Gasteiger partial charge in [-0.05, 0) is 61.7 Å². The molecule has 3 heterocycles. The van der Waals surface area contributed by atoms with Gasteiger partial charge in [0.2, 0.25) is 15.9 Å². The molecule has 0 unspecified atom stereocenters. The Morgan fingerprint density at radius 1 is 1.06 bits per heavy atom. The third kappa shape index (κ3) is 5.07. The van der Waals surface area contributed by atoms with Crippen LogP contribution in [0.25, 0.3) is 0 Å². The molecule has 2 aliphatic rings. The molecule has 0 saturated carbocycles. The van der Waals surface area contributed by atoms with Crippen LogP contribution < -0.4 is 10.1 Å². The van der Waals surface area contributed by atoms with Gasteiger partial charge in [-0.2, -0.15) is 4.31 Å². The molecule has 0 radical (unpaired) electrons. The highest BCUT2D eigenvalue weighted by Crippen LogP contribution is 2.31. The van der Waals surface area contributed by atoms with Gasteiger partial charge in [0.25, 0.3) is 5.91 Å². The van der Waals surface area contributed by atoms with Crippen molar-refractivity contribution in [3.63, 3.8) is 0 Å². The molecular weight excluding hydrogens is 462 g/mol. The second kappa shape index (κ2) is 10.2. The normalized spacial score (nSPS) is 19.8. The molecule has 0 spiro atoms. The number of nitrogens with one attached hydrogen (secondary N) is 1. The van der Waals surface area contributed by atoms with E-state index in [2.05, 4.69) is 5.32 Å². The smallest absolute Gasteiger partial charge is 0.264 e. The van der Waals surface area contributed by atoms with Crippen molar-refractivity contribution in [2.75, 3.05) is 32.1 Å². The van der Waals surface area contributed by atoms with Gasteiger partial charge in [0.05, 0.1) is 12.0 Å². The maximum atomic E-state index is 13.3. The number of methoxy groups -OCH3 is 1. The zero-order valence-electron chi connectivity index (χ0n) is 18.7. The summed E-state index contributed by atoms with van der Waals surface area (Å²) in [7, 11) is -2.32. The molecule has 2 aliphatic heterocycles. The van der Waals surface area contributed by atoms with Crippen molar-refractivity contribution in [1.82, 2.24) is 9.21 Å². The van der Waals surface area contributed by atoms with Crippen LogP contribution in [0, 0.1) is 0 Å². The fourth-order valence-electron chi connectivity index (χ4n) is 4.41. The van der Waals surface area contributed by atoms with E-state index in [1.54, 1.807) is 23.1 Å². The Kier molecular flexibility index (Phi) is 7.35. The zero-order chi connectivity index (χ0) is 23.4. The largest absolute Gasteiger partial charge is 0.495 e. The first-order valence-electron chi connectivity index (χ1n) is 11.3. The number of sulfonamides is 1. The number of likely N-dealkylation sites (tertiary alicyclic amines) is 1. The van der Waals surface area contributed by atoms with Crippen LogP contribution in [0.5, 0.6) is 5.75 Å². The summed E-state index contributed by atoms with van der Waals surface area (Å²) in [5, 5.41) is 4.68. The lowest BCUT2D eigenvalue weighted by Gasteiger charge is -2.34. The average Bonchev–Trinajstić information content (AvgIpc) is 3.39. The number of thiophene rings is 1. The Labute approximate surface area is 198 Å². The molecule has 2 fully saturated rings. The average molecular weight is 492 g/mol. The van der Waals surface area contributed by atoms with E-state index in [4.69, 9.17) is 4.74 Å². The van der Waals surface area contributed by atoms with E-state index in [-0.39, 0.29) is 22.5 Å². The van der Waals surface area contributed by atoms with E-state index in [0.717, 1.165) is 32.1 Å². The third-order valence-electron chi connectivity index (χ3n) is 6.16. The van der Waals surface area contributed by atoms with Crippen LogP contribution in [0.1, 0.15) is 48.2 Å². The zero-order valence-corrected chi connectivity index (χ0v) is 20.3. The first-order chi connectivity index (χ1) is 15.9. The number of carbonyl (C=O) groups is 2. The second-order valence-corrected chi connectivity index (χ2v) is 11.2. The van der Waals surface area contributed by atoms with Crippen molar-refractivity contribution in [1.29, 1.82) is 0 Å². The lowest BCUT2D eigenvalue weighted by molar-refractivity contribution is -0.121. The van der Waals surface area contributed by atoms with Gasteiger partial charge in [-0.1, -0.05) is 12.5 Å². The number of anilines is 1. The molecule has 0 bridgehead atoms. The summed E-state index contributed by atoms with van der Waals surface area (Å²) in [6, 6.07) is 7.62. The molecule has 1 aromatic heterocycles. The highest BCUT2D eigenvalue weighted by Gasteiger charge is 2.34. The van der Waals surface area contributed by atoms with Crippen LogP contribution in [0.2, 0.25) is 0 Å². The van der Waals surface area contributed by atoms with Crippen molar-refractivity contribution in [3.8, 4) is 5.75 Å². The second-order valence-electron chi connectivity index (χ2n) is 8.31. The molecule has 1 N–H and O–H groups in total. The standard InChI is InChI=1S/C23H29N3O5S2/c1-31-19-11-10-17(16-21(19)33(29,30)25-12-4-2-5-13-25)24-22(27)18-8-3-6-14-26(18)23(28)20-9-7-15-32-20/h7,9-11,15-16,18H,2-6,8,12-14H2,1H3,(H,24,27)/t18-/m1/s1. The first kappa shape index (κ1) is 23.7. The Balaban J connectivity index is 1.56. The third-order valence-corrected chi connectivity index (χ3v) is 8.94. The van der Waals surface area contributed by atoms with E-state index >= 15 is 0 Å². The van der Waals surface area contributed by atoms with Crippen molar-refractivity contribution in [2.24, 2.45) is 0 Å². The summed E-state index contributed by atoms with van der Waals surface area (Å²) in [5.41, 5.74) is 0.366. The van der Waals surface area contributed by atoms with Gasteiger partial charge in [-0.25, -0.2) is 8.42 Å². The first-order valence-corrected chi connectivity index (χ1v) is 13.6. The minimum absolute atomic E-state index is 0.0415. The van der Waals surface area contributed by atoms with Gasteiger partial charge in [0.1, 0.15) is 16.7 Å². The number of carbonyl (C=O) groups excluding carboxylic acids is 2. The molecule has 2 aromatic rings. The van der Waals surface area contributed by atoms with Crippen molar-refractivity contribution >= 4 is 38.9 Å². The summed E-state index contributed by atoms with van der Waals surface area (Å²) < 4.78 is 33.3. The highest BCUT2D eigenvalue weighted by molar-refractivity contribution is 7.89. The van der Waals surface area contributed by atoms with Crippen LogP contribution in [0.15, 0.2) is 40.6 Å². The Morgan fingerprint density at radius 2 is 1.82 bits per heavy atom. The molecular formula is C23H29N3O5S2. The quantitative estimate of drug-likeness (QED) is 0.667. The maximum Gasteiger partial charge on any atom is 0.264 e. The van der Waals surface area contributed by atoms with Gasteiger partial charge >= 0.3 is 0 Å².